The van der Waals surface area contributed by atoms with Crippen LogP contribution in [0.4, 0.5) is 0 Å². The summed E-state index contributed by atoms with van der Waals surface area (Å²) >= 11 is 0. The van der Waals surface area contributed by atoms with Crippen molar-refractivity contribution in [3.8, 4) is 0 Å². The molecule has 0 aliphatic heterocycles. The molecule has 0 amide bonds. The Morgan fingerprint density at radius 2 is 1.95 bits per heavy atom. The minimum Gasteiger partial charge on any atom is -0.386 e. The third-order valence-corrected chi connectivity index (χ3v) is 4.81. The molecule has 1 N–H and O–H groups in total. The van der Waals surface area contributed by atoms with Gasteiger partial charge >= 0.3 is 0 Å². The molecule has 0 saturated heterocycles. The summed E-state index contributed by atoms with van der Waals surface area (Å²) in [5, 5.41) is 12.0. The van der Waals surface area contributed by atoms with Crippen molar-refractivity contribution < 1.29 is 5.11 Å². The number of hydrogen-bond acceptors (Lipinski definition) is 3. The molecule has 0 radical (unpaired) electrons. The van der Waals surface area contributed by atoms with Gasteiger partial charge in [-0.2, -0.15) is 0 Å². The fourth-order valence-electron chi connectivity index (χ4n) is 3.53. The summed E-state index contributed by atoms with van der Waals surface area (Å²) in [7, 11) is 4.16. The van der Waals surface area contributed by atoms with Crippen LogP contribution in [0.25, 0.3) is 10.9 Å². The predicted octanol–water partition coefficient (Wildman–Crippen LogP) is 3.14. The number of hydrogen-bond donors (Lipinski definition) is 1. The van der Waals surface area contributed by atoms with E-state index in [0.717, 1.165) is 29.3 Å². The van der Waals surface area contributed by atoms with Crippen LogP contribution in [0, 0.1) is 0 Å². The van der Waals surface area contributed by atoms with Gasteiger partial charge in [0.15, 0.2) is 0 Å². The molecule has 3 nitrogen and oxygen atoms in total. The predicted molar refractivity (Wildman–Crippen MR) is 81.6 cm³/mol. The van der Waals surface area contributed by atoms with Gasteiger partial charge < -0.3 is 10.0 Å². The van der Waals surface area contributed by atoms with E-state index in [2.05, 4.69) is 36.1 Å². The molecule has 2 aromatic rings. The number of aliphatic hydroxyl groups is 1. The summed E-state index contributed by atoms with van der Waals surface area (Å²) in [6.07, 6.45) is 5.88. The number of aromatic nitrogens is 1. The molecule has 1 fully saturated rings. The van der Waals surface area contributed by atoms with Gasteiger partial charge in [0.1, 0.15) is 0 Å². The van der Waals surface area contributed by atoms with Gasteiger partial charge in [-0.3, -0.25) is 4.98 Å². The summed E-state index contributed by atoms with van der Waals surface area (Å²) < 4.78 is 0. The highest BCUT2D eigenvalue weighted by Gasteiger charge is 2.43. The van der Waals surface area contributed by atoms with Crippen LogP contribution in [0.5, 0.6) is 0 Å². The second-order valence-corrected chi connectivity index (χ2v) is 6.06. The van der Waals surface area contributed by atoms with Crippen LogP contribution in [-0.2, 0) is 0 Å². The second kappa shape index (κ2) is 5.15. The molecule has 1 aromatic heterocycles. The molecule has 1 aliphatic rings. The Morgan fingerprint density at radius 1 is 1.20 bits per heavy atom. The molecule has 106 valence electrons. The number of aliphatic hydroxyl groups excluding tert-OH is 1. The van der Waals surface area contributed by atoms with Crippen LogP contribution in [-0.4, -0.2) is 34.6 Å². The monoisotopic (exact) mass is 270 g/mol. The van der Waals surface area contributed by atoms with Crippen molar-refractivity contribution in [3.05, 3.63) is 42.1 Å². The van der Waals surface area contributed by atoms with E-state index in [-0.39, 0.29) is 5.54 Å². The number of likely N-dealkylation sites (N-methyl/N-ethyl adjacent to an activating group) is 1. The smallest absolute Gasteiger partial charge is 0.0973 e. The van der Waals surface area contributed by atoms with E-state index < -0.39 is 6.10 Å². The lowest BCUT2D eigenvalue weighted by Crippen LogP contribution is -2.47. The van der Waals surface area contributed by atoms with Crippen molar-refractivity contribution in [2.45, 2.75) is 37.3 Å². The molecule has 1 heterocycles. The highest BCUT2D eigenvalue weighted by molar-refractivity contribution is 5.79. The van der Waals surface area contributed by atoms with Gasteiger partial charge in [-0.15, -0.1) is 0 Å². The van der Waals surface area contributed by atoms with Gasteiger partial charge in [-0.05, 0) is 50.7 Å². The van der Waals surface area contributed by atoms with E-state index in [9.17, 15) is 5.11 Å². The van der Waals surface area contributed by atoms with E-state index in [1.54, 1.807) is 6.20 Å². The molecule has 1 aliphatic carbocycles. The van der Waals surface area contributed by atoms with Crippen LogP contribution in [0.15, 0.2) is 36.5 Å². The lowest BCUT2D eigenvalue weighted by Gasteiger charge is -2.40. The number of rotatable bonds is 3. The topological polar surface area (TPSA) is 36.4 Å². The Balaban J connectivity index is 2.00. The lowest BCUT2D eigenvalue weighted by molar-refractivity contribution is -0.00467. The van der Waals surface area contributed by atoms with Gasteiger partial charge in [0, 0.05) is 11.6 Å². The van der Waals surface area contributed by atoms with Crippen LogP contribution in [0.1, 0.15) is 37.4 Å². The molecule has 0 spiro atoms. The van der Waals surface area contributed by atoms with Gasteiger partial charge in [0.05, 0.1) is 17.2 Å². The largest absolute Gasteiger partial charge is 0.386 e. The fraction of sp³-hybridized carbons (Fsp3) is 0.471. The van der Waals surface area contributed by atoms with Gasteiger partial charge in [0.25, 0.3) is 0 Å². The zero-order valence-corrected chi connectivity index (χ0v) is 12.2. The number of pyridine rings is 1. The van der Waals surface area contributed by atoms with Crippen molar-refractivity contribution in [1.82, 2.24) is 9.88 Å². The quantitative estimate of drug-likeness (QED) is 0.931. The Hall–Kier alpha value is -1.45. The minimum atomic E-state index is -0.440. The van der Waals surface area contributed by atoms with E-state index >= 15 is 0 Å². The first-order valence-corrected chi connectivity index (χ1v) is 7.34. The summed E-state index contributed by atoms with van der Waals surface area (Å²) in [5.41, 5.74) is 1.87. The average molecular weight is 270 g/mol. The van der Waals surface area contributed by atoms with Crippen molar-refractivity contribution in [2.24, 2.45) is 0 Å². The number of benzene rings is 1. The van der Waals surface area contributed by atoms with Crippen LogP contribution < -0.4 is 0 Å². The normalized spacial score (nSPS) is 19.6. The van der Waals surface area contributed by atoms with E-state index in [1.807, 2.05) is 18.2 Å². The zero-order valence-electron chi connectivity index (χ0n) is 12.2. The molecule has 3 heteroatoms. The van der Waals surface area contributed by atoms with Crippen molar-refractivity contribution in [2.75, 3.05) is 14.1 Å². The summed E-state index contributed by atoms with van der Waals surface area (Å²) in [6, 6.07) is 10.1. The standard InChI is InChI=1S/C17H22N2O/c1-19(2)17(9-3-4-10-17)16(20)14-7-8-15-13(12-14)6-5-11-18-15/h5-8,11-12,16,20H,3-4,9-10H2,1-2H3. The van der Waals surface area contributed by atoms with Crippen molar-refractivity contribution in [1.29, 1.82) is 0 Å². The van der Waals surface area contributed by atoms with Crippen LogP contribution in [0.3, 0.4) is 0 Å². The van der Waals surface area contributed by atoms with E-state index in [0.29, 0.717) is 0 Å². The summed E-state index contributed by atoms with van der Waals surface area (Å²) in [4.78, 5) is 6.55. The van der Waals surface area contributed by atoms with E-state index in [1.165, 1.54) is 12.8 Å². The zero-order chi connectivity index (χ0) is 14.2. The van der Waals surface area contributed by atoms with Gasteiger partial charge in [-0.1, -0.05) is 25.0 Å². The third kappa shape index (κ3) is 2.11. The van der Waals surface area contributed by atoms with Gasteiger partial charge in [-0.25, -0.2) is 0 Å². The van der Waals surface area contributed by atoms with E-state index in [4.69, 9.17) is 0 Å². The first-order valence-electron chi connectivity index (χ1n) is 7.34. The molecular weight excluding hydrogens is 248 g/mol. The maximum atomic E-state index is 10.9. The molecule has 3 rings (SSSR count). The highest BCUT2D eigenvalue weighted by atomic mass is 16.3. The molecule has 0 bridgehead atoms. The molecule has 1 saturated carbocycles. The second-order valence-electron chi connectivity index (χ2n) is 6.06. The molecule has 1 aromatic carbocycles. The molecule has 20 heavy (non-hydrogen) atoms. The maximum absolute atomic E-state index is 10.9. The molecular formula is C17H22N2O. The Labute approximate surface area is 120 Å². The molecule has 1 atom stereocenters. The average Bonchev–Trinajstić information content (AvgIpc) is 2.97. The Morgan fingerprint density at radius 3 is 2.65 bits per heavy atom. The van der Waals surface area contributed by atoms with Crippen LogP contribution in [0.2, 0.25) is 0 Å². The van der Waals surface area contributed by atoms with Crippen molar-refractivity contribution >= 4 is 10.9 Å². The highest BCUT2D eigenvalue weighted by Crippen LogP contribution is 2.43. The van der Waals surface area contributed by atoms with Gasteiger partial charge in [0.2, 0.25) is 0 Å². The van der Waals surface area contributed by atoms with Crippen LogP contribution >= 0.6 is 0 Å². The fourth-order valence-corrected chi connectivity index (χ4v) is 3.53. The molecule has 1 unspecified atom stereocenters. The number of nitrogens with zero attached hydrogens (tertiary/aromatic N) is 2. The minimum absolute atomic E-state index is 0.115. The summed E-state index contributed by atoms with van der Waals surface area (Å²) in [5.74, 6) is 0. The summed E-state index contributed by atoms with van der Waals surface area (Å²) in [6.45, 7) is 0. The lowest BCUT2D eigenvalue weighted by atomic mass is 9.84. The third-order valence-electron chi connectivity index (χ3n) is 4.81. The number of fused-ring (bicyclic) bond motifs is 1. The first kappa shape index (κ1) is 13.5. The first-order chi connectivity index (χ1) is 9.63. The Bertz CT molecular complexity index is 603. The SMILES string of the molecule is CN(C)C1(C(O)c2ccc3ncccc3c2)CCCC1. The maximum Gasteiger partial charge on any atom is 0.0973 e. The Kier molecular flexibility index (Phi) is 3.48. The van der Waals surface area contributed by atoms with Crippen molar-refractivity contribution in [3.63, 3.8) is 0 Å².